The average Bonchev–Trinajstić information content (AvgIpc) is 2.84. The molecule has 0 aliphatic carbocycles. The molecule has 0 N–H and O–H groups in total. The first-order valence-corrected chi connectivity index (χ1v) is 7.85. The van der Waals surface area contributed by atoms with E-state index in [0.717, 1.165) is 0 Å². The Kier molecular flexibility index (Phi) is 3.83. The number of halogens is 1. The quantitative estimate of drug-likeness (QED) is 0.751. The zero-order valence-electron chi connectivity index (χ0n) is 13.3. The Hall–Kier alpha value is -2.03. The van der Waals surface area contributed by atoms with E-state index in [4.69, 9.17) is 14.2 Å². The molecule has 3 rings (SSSR count). The lowest BCUT2D eigenvalue weighted by atomic mass is 10.2. The Bertz CT molecular complexity index is 768. The minimum absolute atomic E-state index is 0.318. The van der Waals surface area contributed by atoms with Gasteiger partial charge in [-0.2, -0.15) is 9.61 Å². The van der Waals surface area contributed by atoms with Crippen LogP contribution in [0.4, 0.5) is 10.6 Å². The predicted octanol–water partition coefficient (Wildman–Crippen LogP) is 2.63. The summed E-state index contributed by atoms with van der Waals surface area (Å²) in [5.74, 6) is 1.10. The molecular formula is C14H17BrN4O4. The molecule has 0 saturated carbocycles. The van der Waals surface area contributed by atoms with Crippen LogP contribution in [-0.4, -0.2) is 46.6 Å². The van der Waals surface area contributed by atoms with Crippen LogP contribution < -0.4 is 14.4 Å². The lowest BCUT2D eigenvalue weighted by molar-refractivity contribution is 0.0565. The molecule has 2 aromatic heterocycles. The van der Waals surface area contributed by atoms with Gasteiger partial charge in [0.15, 0.2) is 11.5 Å². The fourth-order valence-corrected chi connectivity index (χ4v) is 2.59. The van der Waals surface area contributed by atoms with E-state index < -0.39 is 11.7 Å². The molecule has 8 nitrogen and oxygen atoms in total. The second-order valence-corrected chi connectivity index (χ2v) is 6.84. The molecule has 124 valence electrons. The SMILES string of the molecule is COc1c2c(nc3c(Br)cnn13)N(C(=O)OC(C)(C)C)CCO2. The van der Waals surface area contributed by atoms with Gasteiger partial charge in [-0.25, -0.2) is 9.78 Å². The smallest absolute Gasteiger partial charge is 0.416 e. The molecule has 0 spiro atoms. The third kappa shape index (κ3) is 2.80. The molecule has 0 unspecified atom stereocenters. The Balaban J connectivity index is 2.12. The number of carbonyl (C=O) groups is 1. The zero-order chi connectivity index (χ0) is 16.8. The third-order valence-electron chi connectivity index (χ3n) is 3.13. The van der Waals surface area contributed by atoms with Gasteiger partial charge in [-0.15, -0.1) is 0 Å². The van der Waals surface area contributed by atoms with Crippen molar-refractivity contribution in [2.24, 2.45) is 0 Å². The van der Waals surface area contributed by atoms with E-state index in [-0.39, 0.29) is 0 Å². The van der Waals surface area contributed by atoms with E-state index in [1.54, 1.807) is 6.20 Å². The fraction of sp³-hybridized carbons (Fsp3) is 0.500. The number of aromatic nitrogens is 3. The van der Waals surface area contributed by atoms with Gasteiger partial charge in [-0.3, -0.25) is 4.90 Å². The number of carbonyl (C=O) groups excluding carboxylic acids is 1. The largest absolute Gasteiger partial charge is 0.483 e. The predicted molar refractivity (Wildman–Crippen MR) is 86.3 cm³/mol. The number of hydrogen-bond donors (Lipinski definition) is 0. The summed E-state index contributed by atoms with van der Waals surface area (Å²) in [6.07, 6.45) is 1.13. The standard InChI is InChI=1S/C14H17BrN4O4/c1-14(2,3)23-13(20)18-5-6-22-9-11(18)17-10-8(15)7-16-19(10)12(9)21-4/h7H,5-6H2,1-4H3. The van der Waals surface area contributed by atoms with Crippen molar-refractivity contribution < 1.29 is 19.0 Å². The lowest BCUT2D eigenvalue weighted by Gasteiger charge is -2.31. The topological polar surface area (TPSA) is 78.2 Å². The second-order valence-electron chi connectivity index (χ2n) is 5.98. The van der Waals surface area contributed by atoms with Crippen LogP contribution in [0.25, 0.3) is 5.65 Å². The number of amides is 1. The molecule has 1 aliphatic heterocycles. The van der Waals surface area contributed by atoms with Crippen LogP contribution in [0.3, 0.4) is 0 Å². The highest BCUT2D eigenvalue weighted by molar-refractivity contribution is 9.10. The van der Waals surface area contributed by atoms with E-state index in [1.165, 1.54) is 16.5 Å². The van der Waals surface area contributed by atoms with Gasteiger partial charge in [0.05, 0.1) is 24.3 Å². The van der Waals surface area contributed by atoms with E-state index in [9.17, 15) is 4.79 Å². The molecule has 2 aromatic rings. The first-order chi connectivity index (χ1) is 10.8. The van der Waals surface area contributed by atoms with E-state index in [2.05, 4.69) is 26.0 Å². The maximum atomic E-state index is 12.5. The summed E-state index contributed by atoms with van der Waals surface area (Å²) in [4.78, 5) is 18.4. The fourth-order valence-electron chi connectivity index (χ4n) is 2.24. The van der Waals surface area contributed by atoms with Crippen LogP contribution in [-0.2, 0) is 4.74 Å². The summed E-state index contributed by atoms with van der Waals surface area (Å²) < 4.78 is 18.7. The Morgan fingerprint density at radius 3 is 2.83 bits per heavy atom. The first-order valence-electron chi connectivity index (χ1n) is 7.06. The van der Waals surface area contributed by atoms with Gasteiger partial charge in [0, 0.05) is 0 Å². The van der Waals surface area contributed by atoms with Crippen LogP contribution in [0.1, 0.15) is 20.8 Å². The van der Waals surface area contributed by atoms with Gasteiger partial charge >= 0.3 is 6.09 Å². The zero-order valence-corrected chi connectivity index (χ0v) is 14.9. The lowest BCUT2D eigenvalue weighted by Crippen LogP contribution is -2.42. The number of rotatable bonds is 1. The maximum Gasteiger partial charge on any atom is 0.416 e. The molecule has 1 amide bonds. The highest BCUT2D eigenvalue weighted by Crippen LogP contribution is 2.40. The van der Waals surface area contributed by atoms with Gasteiger partial charge in [-0.1, -0.05) is 0 Å². The molecule has 0 saturated heterocycles. The molecule has 0 radical (unpaired) electrons. The van der Waals surface area contributed by atoms with Gasteiger partial charge in [0.25, 0.3) is 5.88 Å². The molecule has 9 heteroatoms. The van der Waals surface area contributed by atoms with E-state index in [0.29, 0.717) is 40.7 Å². The minimum atomic E-state index is -0.596. The molecule has 0 fully saturated rings. The Morgan fingerprint density at radius 1 is 1.43 bits per heavy atom. The van der Waals surface area contributed by atoms with Crippen molar-refractivity contribution in [1.29, 1.82) is 0 Å². The van der Waals surface area contributed by atoms with Crippen molar-refractivity contribution in [3.05, 3.63) is 10.7 Å². The van der Waals surface area contributed by atoms with E-state index in [1.807, 2.05) is 20.8 Å². The highest BCUT2D eigenvalue weighted by atomic mass is 79.9. The van der Waals surface area contributed by atoms with Gasteiger partial charge in [0.2, 0.25) is 5.75 Å². The summed E-state index contributed by atoms with van der Waals surface area (Å²) in [6, 6.07) is 0. The van der Waals surface area contributed by atoms with Crippen LogP contribution >= 0.6 is 15.9 Å². The van der Waals surface area contributed by atoms with Gasteiger partial charge < -0.3 is 14.2 Å². The molecule has 3 heterocycles. The summed E-state index contributed by atoms with van der Waals surface area (Å²) in [5.41, 5.74) is -0.0688. The molecule has 1 aliphatic rings. The van der Waals surface area contributed by atoms with Crippen molar-refractivity contribution in [3.8, 4) is 11.6 Å². The van der Waals surface area contributed by atoms with Crippen molar-refractivity contribution in [3.63, 3.8) is 0 Å². The van der Waals surface area contributed by atoms with Crippen molar-refractivity contribution in [1.82, 2.24) is 14.6 Å². The van der Waals surface area contributed by atoms with Crippen molar-refractivity contribution in [2.45, 2.75) is 26.4 Å². The average molecular weight is 385 g/mol. The third-order valence-corrected chi connectivity index (χ3v) is 3.69. The number of nitrogens with zero attached hydrogens (tertiary/aromatic N) is 4. The minimum Gasteiger partial charge on any atom is -0.483 e. The first kappa shape index (κ1) is 15.9. The van der Waals surface area contributed by atoms with Crippen LogP contribution in [0.5, 0.6) is 11.6 Å². The maximum absolute atomic E-state index is 12.5. The number of fused-ring (bicyclic) bond motifs is 2. The Labute approximate surface area is 141 Å². The normalized spacial score (nSPS) is 14.4. The monoisotopic (exact) mass is 384 g/mol. The molecule has 0 aromatic carbocycles. The number of hydrogen-bond acceptors (Lipinski definition) is 6. The Morgan fingerprint density at radius 2 is 2.17 bits per heavy atom. The number of anilines is 1. The second kappa shape index (κ2) is 5.55. The summed E-state index contributed by atoms with van der Waals surface area (Å²) in [5, 5.41) is 4.19. The van der Waals surface area contributed by atoms with Gasteiger partial charge in [-0.05, 0) is 36.7 Å². The molecule has 23 heavy (non-hydrogen) atoms. The molecular weight excluding hydrogens is 368 g/mol. The van der Waals surface area contributed by atoms with Crippen LogP contribution in [0, 0.1) is 0 Å². The van der Waals surface area contributed by atoms with Crippen LogP contribution in [0.15, 0.2) is 10.7 Å². The molecule has 0 bridgehead atoms. The van der Waals surface area contributed by atoms with E-state index >= 15 is 0 Å². The summed E-state index contributed by atoms with van der Waals surface area (Å²) >= 11 is 3.39. The number of methoxy groups -OCH3 is 1. The summed E-state index contributed by atoms with van der Waals surface area (Å²) in [6.45, 7) is 6.11. The van der Waals surface area contributed by atoms with Crippen molar-refractivity contribution >= 4 is 33.5 Å². The van der Waals surface area contributed by atoms with Crippen LogP contribution in [0.2, 0.25) is 0 Å². The summed E-state index contributed by atoms with van der Waals surface area (Å²) in [7, 11) is 1.51. The van der Waals surface area contributed by atoms with Gasteiger partial charge in [0.1, 0.15) is 12.2 Å². The van der Waals surface area contributed by atoms with Crippen molar-refractivity contribution in [2.75, 3.05) is 25.2 Å². The molecule has 0 atom stereocenters. The number of ether oxygens (including phenoxy) is 3. The highest BCUT2D eigenvalue weighted by Gasteiger charge is 2.33.